The lowest BCUT2D eigenvalue weighted by Gasteiger charge is -2.19. The van der Waals surface area contributed by atoms with Crippen molar-refractivity contribution in [3.05, 3.63) is 27.9 Å². The number of benzene rings is 1. The number of aldehydes is 1. The SMILES string of the molecule is Nc1cc2oc(C3(O)CCCC3)c(C=O)c2cc1Br. The van der Waals surface area contributed by atoms with Gasteiger partial charge in [-0.1, -0.05) is 0 Å². The van der Waals surface area contributed by atoms with Crippen molar-refractivity contribution in [3.8, 4) is 0 Å². The number of fused-ring (bicyclic) bond motifs is 1. The molecule has 0 spiro atoms. The molecule has 1 aliphatic rings. The van der Waals surface area contributed by atoms with Crippen molar-refractivity contribution in [2.24, 2.45) is 0 Å². The van der Waals surface area contributed by atoms with Crippen LogP contribution in [0.25, 0.3) is 11.0 Å². The number of nitrogens with two attached hydrogens (primary N) is 1. The topological polar surface area (TPSA) is 76.5 Å². The zero-order chi connectivity index (χ0) is 13.6. The first kappa shape index (κ1) is 12.7. The van der Waals surface area contributed by atoms with Crippen LogP contribution in [0.5, 0.6) is 0 Å². The highest BCUT2D eigenvalue weighted by Crippen LogP contribution is 2.43. The molecule has 0 bridgehead atoms. The van der Waals surface area contributed by atoms with Gasteiger partial charge in [-0.15, -0.1) is 0 Å². The van der Waals surface area contributed by atoms with Crippen LogP contribution in [0.1, 0.15) is 41.8 Å². The van der Waals surface area contributed by atoms with Gasteiger partial charge in [0.1, 0.15) is 16.9 Å². The van der Waals surface area contributed by atoms with Gasteiger partial charge in [-0.3, -0.25) is 4.79 Å². The lowest BCUT2D eigenvalue weighted by atomic mass is 9.95. The molecule has 0 aliphatic heterocycles. The molecule has 0 radical (unpaired) electrons. The van der Waals surface area contributed by atoms with Gasteiger partial charge in [0.25, 0.3) is 0 Å². The Kier molecular flexibility index (Phi) is 2.91. The molecule has 1 aromatic carbocycles. The van der Waals surface area contributed by atoms with E-state index in [1.165, 1.54) is 0 Å². The van der Waals surface area contributed by atoms with Gasteiger partial charge in [-0.05, 0) is 47.7 Å². The number of rotatable bonds is 2. The summed E-state index contributed by atoms with van der Waals surface area (Å²) in [5, 5.41) is 11.3. The number of hydrogen-bond acceptors (Lipinski definition) is 4. The standard InChI is InChI=1S/C14H14BrNO3/c15-10-5-8-9(7-17)13(14(18)3-1-2-4-14)19-12(8)6-11(10)16/h5-7,18H,1-4,16H2. The van der Waals surface area contributed by atoms with Crippen LogP contribution >= 0.6 is 15.9 Å². The van der Waals surface area contributed by atoms with Crippen molar-refractivity contribution in [1.82, 2.24) is 0 Å². The van der Waals surface area contributed by atoms with Gasteiger partial charge in [-0.2, -0.15) is 0 Å². The number of furan rings is 1. The molecule has 1 heterocycles. The minimum atomic E-state index is -1.02. The second kappa shape index (κ2) is 4.35. The zero-order valence-corrected chi connectivity index (χ0v) is 11.9. The number of nitrogen functional groups attached to an aromatic ring is 1. The fourth-order valence-corrected chi connectivity index (χ4v) is 3.14. The molecule has 4 nitrogen and oxygen atoms in total. The average Bonchev–Trinajstić information content (AvgIpc) is 2.95. The monoisotopic (exact) mass is 323 g/mol. The molecule has 1 aromatic heterocycles. The zero-order valence-electron chi connectivity index (χ0n) is 10.3. The summed E-state index contributed by atoms with van der Waals surface area (Å²) in [4.78, 5) is 11.4. The van der Waals surface area contributed by atoms with Gasteiger partial charge >= 0.3 is 0 Å². The maximum atomic E-state index is 11.4. The molecular weight excluding hydrogens is 310 g/mol. The van der Waals surface area contributed by atoms with Crippen LogP contribution in [-0.4, -0.2) is 11.4 Å². The maximum absolute atomic E-state index is 11.4. The van der Waals surface area contributed by atoms with E-state index >= 15 is 0 Å². The number of hydrogen-bond donors (Lipinski definition) is 2. The number of anilines is 1. The van der Waals surface area contributed by atoms with Crippen molar-refractivity contribution in [2.75, 3.05) is 5.73 Å². The van der Waals surface area contributed by atoms with E-state index in [2.05, 4.69) is 15.9 Å². The average molecular weight is 324 g/mol. The first-order valence-electron chi connectivity index (χ1n) is 6.25. The maximum Gasteiger partial charge on any atom is 0.154 e. The Morgan fingerprint density at radius 1 is 1.37 bits per heavy atom. The Balaban J connectivity index is 2.28. The normalized spacial score (nSPS) is 18.0. The molecular formula is C14H14BrNO3. The highest BCUT2D eigenvalue weighted by atomic mass is 79.9. The molecule has 5 heteroatoms. The molecule has 3 N–H and O–H groups in total. The number of halogens is 1. The van der Waals surface area contributed by atoms with Gasteiger partial charge in [0.05, 0.1) is 5.56 Å². The molecule has 1 aliphatic carbocycles. The second-order valence-corrected chi connectivity index (χ2v) is 5.93. The fraction of sp³-hybridized carbons (Fsp3) is 0.357. The van der Waals surface area contributed by atoms with E-state index in [1.54, 1.807) is 12.1 Å². The fourth-order valence-electron chi connectivity index (χ4n) is 2.80. The highest BCUT2D eigenvalue weighted by molar-refractivity contribution is 9.10. The van der Waals surface area contributed by atoms with E-state index in [9.17, 15) is 9.90 Å². The molecule has 0 unspecified atom stereocenters. The van der Waals surface area contributed by atoms with E-state index < -0.39 is 5.60 Å². The third-order valence-corrected chi connectivity index (χ3v) is 4.50. The Morgan fingerprint density at radius 3 is 2.68 bits per heavy atom. The number of carbonyl (C=O) groups excluding carboxylic acids is 1. The predicted octanol–water partition coefficient (Wildman–Crippen LogP) is 3.35. The molecule has 100 valence electrons. The summed E-state index contributed by atoms with van der Waals surface area (Å²) in [6.07, 6.45) is 3.89. The van der Waals surface area contributed by atoms with Crippen molar-refractivity contribution < 1.29 is 14.3 Å². The third kappa shape index (κ3) is 1.88. The second-order valence-electron chi connectivity index (χ2n) is 5.07. The van der Waals surface area contributed by atoms with Crippen LogP contribution in [0.4, 0.5) is 5.69 Å². The molecule has 0 atom stereocenters. The number of aliphatic hydroxyl groups is 1. The van der Waals surface area contributed by atoms with Crippen LogP contribution in [0.15, 0.2) is 21.0 Å². The van der Waals surface area contributed by atoms with E-state index in [4.69, 9.17) is 10.2 Å². The van der Waals surface area contributed by atoms with E-state index in [0.29, 0.717) is 45.3 Å². The Hall–Kier alpha value is -1.33. The van der Waals surface area contributed by atoms with Crippen LogP contribution in [0.3, 0.4) is 0 Å². The predicted molar refractivity (Wildman–Crippen MR) is 76.1 cm³/mol. The molecule has 1 saturated carbocycles. The van der Waals surface area contributed by atoms with Gasteiger partial charge < -0.3 is 15.3 Å². The molecule has 0 saturated heterocycles. The Morgan fingerprint density at radius 2 is 2.05 bits per heavy atom. The van der Waals surface area contributed by atoms with Crippen LogP contribution in [0, 0.1) is 0 Å². The third-order valence-electron chi connectivity index (χ3n) is 3.82. The largest absolute Gasteiger partial charge is 0.457 e. The quantitative estimate of drug-likeness (QED) is 0.656. The minimum Gasteiger partial charge on any atom is -0.457 e. The molecule has 0 amide bonds. The molecule has 2 aromatic rings. The van der Waals surface area contributed by atoms with Crippen molar-refractivity contribution in [2.45, 2.75) is 31.3 Å². The van der Waals surface area contributed by atoms with E-state index in [0.717, 1.165) is 19.1 Å². The summed E-state index contributed by atoms with van der Waals surface area (Å²) < 4.78 is 6.45. The minimum absolute atomic E-state index is 0.382. The lowest BCUT2D eigenvalue weighted by molar-refractivity contribution is 0.0226. The van der Waals surface area contributed by atoms with Crippen LogP contribution in [-0.2, 0) is 5.60 Å². The highest BCUT2D eigenvalue weighted by Gasteiger charge is 2.39. The summed E-state index contributed by atoms with van der Waals surface area (Å²) in [6.45, 7) is 0. The van der Waals surface area contributed by atoms with Crippen LogP contribution < -0.4 is 5.73 Å². The number of carbonyl (C=O) groups is 1. The summed E-state index contributed by atoms with van der Waals surface area (Å²) in [7, 11) is 0. The Bertz CT molecular complexity index is 656. The van der Waals surface area contributed by atoms with Gasteiger partial charge in [-0.25, -0.2) is 0 Å². The lowest BCUT2D eigenvalue weighted by Crippen LogP contribution is -2.21. The molecule has 19 heavy (non-hydrogen) atoms. The van der Waals surface area contributed by atoms with Crippen LogP contribution in [0.2, 0.25) is 0 Å². The Labute approximate surface area is 118 Å². The first-order valence-corrected chi connectivity index (χ1v) is 7.04. The smallest absolute Gasteiger partial charge is 0.154 e. The van der Waals surface area contributed by atoms with E-state index in [1.807, 2.05) is 0 Å². The summed E-state index contributed by atoms with van der Waals surface area (Å²) in [6, 6.07) is 3.44. The molecule has 1 fully saturated rings. The van der Waals surface area contributed by atoms with E-state index in [-0.39, 0.29) is 0 Å². The van der Waals surface area contributed by atoms with Gasteiger partial charge in [0.2, 0.25) is 0 Å². The summed E-state index contributed by atoms with van der Waals surface area (Å²) >= 11 is 3.34. The van der Waals surface area contributed by atoms with Gasteiger partial charge in [0, 0.05) is 21.6 Å². The van der Waals surface area contributed by atoms with Gasteiger partial charge in [0.15, 0.2) is 6.29 Å². The van der Waals surface area contributed by atoms with Crippen molar-refractivity contribution in [1.29, 1.82) is 0 Å². The summed E-state index contributed by atoms with van der Waals surface area (Å²) in [5.41, 5.74) is 6.31. The molecule has 3 rings (SSSR count). The van der Waals surface area contributed by atoms with Crippen molar-refractivity contribution >= 4 is 38.9 Å². The first-order chi connectivity index (χ1) is 9.05. The van der Waals surface area contributed by atoms with Crippen molar-refractivity contribution in [3.63, 3.8) is 0 Å². The summed E-state index contributed by atoms with van der Waals surface area (Å²) in [5.74, 6) is 0.382.